The monoisotopic (exact) mass is 545 g/mol. The van der Waals surface area contributed by atoms with Gasteiger partial charge in [-0.3, -0.25) is 19.2 Å². The number of hydrogen-bond acceptors (Lipinski definition) is 7. The lowest BCUT2D eigenvalue weighted by atomic mass is 9.94. The van der Waals surface area contributed by atoms with E-state index in [9.17, 15) is 24.3 Å². The molecule has 10 nitrogen and oxygen atoms in total. The number of aryl methyl sites for hydroxylation is 1. The Morgan fingerprint density at radius 1 is 0.975 bits per heavy atom. The highest BCUT2D eigenvalue weighted by molar-refractivity contribution is 6.00. The molecule has 3 aromatic carbocycles. The Balaban J connectivity index is 1.48. The Bertz CT molecular complexity index is 1400. The topological polar surface area (TPSA) is 143 Å². The van der Waals surface area contributed by atoms with Crippen LogP contribution in [0.1, 0.15) is 35.2 Å². The molecular formula is C30H31N3O7. The van der Waals surface area contributed by atoms with Crippen LogP contribution in [0.25, 0.3) is 0 Å². The minimum absolute atomic E-state index is 0.0893. The first-order valence-electron chi connectivity index (χ1n) is 12.7. The van der Waals surface area contributed by atoms with Crippen LogP contribution in [0.4, 0.5) is 5.69 Å². The largest absolute Gasteiger partial charge is 0.508 e. The Kier molecular flexibility index (Phi) is 8.68. The molecule has 0 radical (unpaired) electrons. The molecule has 0 saturated carbocycles. The summed E-state index contributed by atoms with van der Waals surface area (Å²) in [5.74, 6) is -1.74. The first-order chi connectivity index (χ1) is 19.1. The summed E-state index contributed by atoms with van der Waals surface area (Å²) in [4.78, 5) is 51.5. The van der Waals surface area contributed by atoms with Crippen LogP contribution in [0.15, 0.2) is 66.7 Å². The standard InChI is InChI=1S/C30H31N3O7/c1-17-4-6-19(7-5-17)14-25(35)31-18(2)29(37)33-27-23-16-21(34)10-13-24(23)32-30(38)28(27)40-26(36)15-20-8-11-22(39-3)12-9-20/h4-13,16,18,27-28,34H,14-15H2,1-3H3,(H,31,35)(H,32,38)(H,33,37)/t18-,27-,28+/m0/s1. The lowest BCUT2D eigenvalue weighted by Crippen LogP contribution is -2.52. The molecule has 1 heterocycles. The molecule has 0 fully saturated rings. The second kappa shape index (κ2) is 12.3. The number of hydrogen-bond donors (Lipinski definition) is 4. The fraction of sp³-hybridized carbons (Fsp3) is 0.267. The number of amides is 3. The molecule has 3 atom stereocenters. The Hall–Kier alpha value is -4.86. The number of carbonyl (C=O) groups is 4. The van der Waals surface area contributed by atoms with Crippen molar-refractivity contribution in [2.75, 3.05) is 12.4 Å². The number of ether oxygens (including phenoxy) is 2. The van der Waals surface area contributed by atoms with Crippen LogP contribution in [0.3, 0.4) is 0 Å². The predicted octanol–water partition coefficient (Wildman–Crippen LogP) is 2.72. The molecule has 208 valence electrons. The van der Waals surface area contributed by atoms with Crippen LogP contribution in [0.5, 0.6) is 11.5 Å². The fourth-order valence-corrected chi connectivity index (χ4v) is 4.34. The molecule has 0 aliphatic carbocycles. The second-order valence-electron chi connectivity index (χ2n) is 9.63. The molecule has 1 aliphatic rings. The summed E-state index contributed by atoms with van der Waals surface area (Å²) in [6.07, 6.45) is -1.45. The summed E-state index contributed by atoms with van der Waals surface area (Å²) in [7, 11) is 1.53. The number of esters is 1. The summed E-state index contributed by atoms with van der Waals surface area (Å²) in [5.41, 5.74) is 3.22. The summed E-state index contributed by atoms with van der Waals surface area (Å²) < 4.78 is 10.7. The number of carbonyl (C=O) groups excluding carboxylic acids is 4. The molecule has 3 amide bonds. The van der Waals surface area contributed by atoms with E-state index in [1.807, 2.05) is 31.2 Å². The Morgan fingerprint density at radius 2 is 1.62 bits per heavy atom. The van der Waals surface area contributed by atoms with E-state index in [0.29, 0.717) is 22.6 Å². The highest BCUT2D eigenvalue weighted by Gasteiger charge is 2.40. The molecule has 40 heavy (non-hydrogen) atoms. The zero-order valence-corrected chi connectivity index (χ0v) is 22.4. The van der Waals surface area contributed by atoms with E-state index in [2.05, 4.69) is 16.0 Å². The lowest BCUT2D eigenvalue weighted by molar-refractivity contribution is -0.156. The van der Waals surface area contributed by atoms with Crippen LogP contribution in [-0.2, 0) is 36.8 Å². The summed E-state index contributed by atoms with van der Waals surface area (Å²) >= 11 is 0. The third-order valence-corrected chi connectivity index (χ3v) is 6.51. The minimum atomic E-state index is -1.42. The molecule has 0 unspecified atom stereocenters. The number of methoxy groups -OCH3 is 1. The van der Waals surface area contributed by atoms with E-state index < -0.39 is 36.0 Å². The van der Waals surface area contributed by atoms with Gasteiger partial charge >= 0.3 is 5.97 Å². The normalized spacial score (nSPS) is 16.6. The van der Waals surface area contributed by atoms with E-state index in [4.69, 9.17) is 9.47 Å². The second-order valence-corrected chi connectivity index (χ2v) is 9.63. The van der Waals surface area contributed by atoms with E-state index in [1.54, 1.807) is 24.3 Å². The summed E-state index contributed by atoms with van der Waals surface area (Å²) in [5, 5.41) is 18.1. The predicted molar refractivity (Wildman–Crippen MR) is 147 cm³/mol. The maximum absolute atomic E-state index is 13.2. The molecule has 1 aliphatic heterocycles. The van der Waals surface area contributed by atoms with Crippen LogP contribution < -0.4 is 20.7 Å². The van der Waals surface area contributed by atoms with E-state index in [-0.39, 0.29) is 24.5 Å². The quantitative estimate of drug-likeness (QED) is 0.239. The molecular weight excluding hydrogens is 514 g/mol. The molecule has 3 aromatic rings. The van der Waals surface area contributed by atoms with Crippen molar-refractivity contribution in [3.63, 3.8) is 0 Å². The first kappa shape index (κ1) is 28.2. The number of phenols is 1. The van der Waals surface area contributed by atoms with E-state index in [1.165, 1.54) is 32.2 Å². The molecule has 4 rings (SSSR count). The van der Waals surface area contributed by atoms with Crippen molar-refractivity contribution in [2.24, 2.45) is 0 Å². The van der Waals surface area contributed by atoms with Crippen molar-refractivity contribution in [3.05, 3.63) is 89.0 Å². The third kappa shape index (κ3) is 6.96. The number of anilines is 1. The van der Waals surface area contributed by atoms with Crippen LogP contribution in [-0.4, -0.2) is 48.1 Å². The van der Waals surface area contributed by atoms with Gasteiger partial charge in [0.2, 0.25) is 17.9 Å². The van der Waals surface area contributed by atoms with E-state index in [0.717, 1.165) is 11.1 Å². The molecule has 0 spiro atoms. The third-order valence-electron chi connectivity index (χ3n) is 6.51. The Labute approximate surface area is 231 Å². The lowest BCUT2D eigenvalue weighted by Gasteiger charge is -2.33. The van der Waals surface area contributed by atoms with Gasteiger partial charge in [0.05, 0.1) is 20.0 Å². The first-order valence-corrected chi connectivity index (χ1v) is 12.7. The van der Waals surface area contributed by atoms with Gasteiger partial charge < -0.3 is 30.5 Å². The number of fused-ring (bicyclic) bond motifs is 1. The van der Waals surface area contributed by atoms with Gasteiger partial charge in [0.15, 0.2) is 0 Å². The van der Waals surface area contributed by atoms with Gasteiger partial charge in [0.1, 0.15) is 23.6 Å². The van der Waals surface area contributed by atoms with Crippen molar-refractivity contribution in [2.45, 2.75) is 44.9 Å². The van der Waals surface area contributed by atoms with Crippen molar-refractivity contribution in [1.29, 1.82) is 0 Å². The molecule has 0 bridgehead atoms. The smallest absolute Gasteiger partial charge is 0.311 e. The van der Waals surface area contributed by atoms with Gasteiger partial charge in [-0.05, 0) is 55.3 Å². The number of nitrogens with one attached hydrogen (secondary N) is 3. The van der Waals surface area contributed by atoms with Gasteiger partial charge in [0, 0.05) is 11.3 Å². The Morgan fingerprint density at radius 3 is 2.30 bits per heavy atom. The van der Waals surface area contributed by atoms with Gasteiger partial charge in [-0.1, -0.05) is 42.0 Å². The number of benzene rings is 3. The maximum Gasteiger partial charge on any atom is 0.311 e. The van der Waals surface area contributed by atoms with Crippen LogP contribution in [0, 0.1) is 6.92 Å². The minimum Gasteiger partial charge on any atom is -0.508 e. The van der Waals surface area contributed by atoms with E-state index >= 15 is 0 Å². The molecule has 0 saturated heterocycles. The fourth-order valence-electron chi connectivity index (χ4n) is 4.34. The number of phenolic OH excluding ortho intramolecular Hbond substituents is 1. The van der Waals surface area contributed by atoms with Gasteiger partial charge in [-0.25, -0.2) is 0 Å². The molecule has 4 N–H and O–H groups in total. The zero-order valence-electron chi connectivity index (χ0n) is 22.4. The van der Waals surface area contributed by atoms with Gasteiger partial charge in [0.25, 0.3) is 5.91 Å². The van der Waals surface area contributed by atoms with Crippen molar-refractivity contribution < 1.29 is 33.8 Å². The SMILES string of the molecule is COc1ccc(CC(=O)O[C@H]2C(=O)Nc3ccc(O)cc3[C@@H]2NC(=O)[C@H](C)NC(=O)Cc2ccc(C)cc2)cc1. The highest BCUT2D eigenvalue weighted by Crippen LogP contribution is 2.35. The van der Waals surface area contributed by atoms with Crippen LogP contribution in [0.2, 0.25) is 0 Å². The zero-order chi connectivity index (χ0) is 28.8. The number of rotatable bonds is 9. The number of aromatic hydroxyl groups is 1. The van der Waals surface area contributed by atoms with Gasteiger partial charge in [-0.2, -0.15) is 0 Å². The van der Waals surface area contributed by atoms with Crippen molar-refractivity contribution in [3.8, 4) is 11.5 Å². The molecule has 0 aromatic heterocycles. The van der Waals surface area contributed by atoms with Crippen molar-refractivity contribution in [1.82, 2.24) is 10.6 Å². The molecule has 10 heteroatoms. The highest BCUT2D eigenvalue weighted by atomic mass is 16.5. The van der Waals surface area contributed by atoms with Crippen LogP contribution >= 0.6 is 0 Å². The average molecular weight is 546 g/mol. The summed E-state index contributed by atoms with van der Waals surface area (Å²) in [6.45, 7) is 3.46. The van der Waals surface area contributed by atoms with Crippen molar-refractivity contribution >= 4 is 29.4 Å². The van der Waals surface area contributed by atoms with Gasteiger partial charge in [-0.15, -0.1) is 0 Å². The average Bonchev–Trinajstić information content (AvgIpc) is 2.92. The summed E-state index contributed by atoms with van der Waals surface area (Å²) in [6, 6.07) is 16.5. The maximum atomic E-state index is 13.2.